The number of hydrogen-bond acceptors (Lipinski definition) is 3. The Morgan fingerprint density at radius 1 is 1.27 bits per heavy atom. The average Bonchev–Trinajstić information content (AvgIpc) is 2.00. The Hall–Kier alpha value is -0.950. The van der Waals surface area contributed by atoms with E-state index in [-0.39, 0.29) is 0 Å². The first kappa shape index (κ1) is 12.1. The molecule has 0 spiro atoms. The summed E-state index contributed by atoms with van der Waals surface area (Å²) in [5, 5.41) is 8.17. The highest BCUT2D eigenvalue weighted by Crippen LogP contribution is 2.35. The summed E-state index contributed by atoms with van der Waals surface area (Å²) in [7, 11) is -5.47. The molecule has 8 heteroatoms. The lowest BCUT2D eigenvalue weighted by Gasteiger charge is -2.09. The van der Waals surface area contributed by atoms with Gasteiger partial charge in [0.05, 0.1) is 9.92 Å². The number of alkyl halides is 3. The van der Waals surface area contributed by atoms with Gasteiger partial charge in [-0.15, -0.1) is 0 Å². The second-order valence-corrected chi connectivity index (χ2v) is 4.88. The van der Waals surface area contributed by atoms with Gasteiger partial charge in [0.2, 0.25) is 0 Å². The molecule has 1 aromatic carbocycles. The van der Waals surface area contributed by atoms with Gasteiger partial charge in [0, 0.05) is 0 Å². The van der Waals surface area contributed by atoms with Gasteiger partial charge in [-0.1, -0.05) is 11.6 Å². The quantitative estimate of drug-likeness (QED) is 0.843. The normalized spacial score (nSPS) is 12.8. The molecule has 0 unspecified atom stereocenters. The molecule has 0 aliphatic heterocycles. The maximum Gasteiger partial charge on any atom is 0.501 e. The summed E-state index contributed by atoms with van der Waals surface area (Å²) >= 11 is 5.28. The van der Waals surface area contributed by atoms with Crippen LogP contribution in [0, 0.1) is 0 Å². The maximum absolute atomic E-state index is 12.1. The molecular weight excluding hydrogens is 257 g/mol. The number of halogens is 4. The standard InChI is InChI=1S/C7H4ClF3O3S/c8-5-3-4(12)1-2-6(5)15(13,14)7(9,10)11/h1-3,12H. The highest BCUT2D eigenvalue weighted by atomic mass is 35.5. The smallest absolute Gasteiger partial charge is 0.501 e. The van der Waals surface area contributed by atoms with Crippen LogP contribution in [0.25, 0.3) is 0 Å². The minimum atomic E-state index is -5.47. The van der Waals surface area contributed by atoms with Crippen molar-refractivity contribution in [3.05, 3.63) is 23.2 Å². The van der Waals surface area contributed by atoms with E-state index in [4.69, 9.17) is 16.7 Å². The molecule has 0 saturated carbocycles. The second kappa shape index (κ2) is 3.57. The van der Waals surface area contributed by atoms with Crippen molar-refractivity contribution in [3.63, 3.8) is 0 Å². The van der Waals surface area contributed by atoms with Crippen LogP contribution in [-0.2, 0) is 9.84 Å². The third-order valence-electron chi connectivity index (χ3n) is 1.51. The van der Waals surface area contributed by atoms with Crippen LogP contribution >= 0.6 is 11.6 Å². The Balaban J connectivity index is 3.42. The molecule has 15 heavy (non-hydrogen) atoms. The predicted octanol–water partition coefficient (Wildman–Crippen LogP) is 2.34. The first-order chi connectivity index (χ1) is 6.66. The number of benzene rings is 1. The molecule has 0 fully saturated rings. The molecule has 0 aliphatic rings. The molecular formula is C7H4ClF3O3S. The monoisotopic (exact) mass is 260 g/mol. The van der Waals surface area contributed by atoms with Crippen molar-refractivity contribution >= 4 is 21.4 Å². The molecule has 0 heterocycles. The number of aromatic hydroxyl groups is 1. The Bertz CT molecular complexity index is 481. The van der Waals surface area contributed by atoms with E-state index >= 15 is 0 Å². The third kappa shape index (κ3) is 2.18. The van der Waals surface area contributed by atoms with E-state index in [1.54, 1.807) is 0 Å². The van der Waals surface area contributed by atoms with Gasteiger partial charge in [0.25, 0.3) is 9.84 Å². The molecule has 3 nitrogen and oxygen atoms in total. The fraction of sp³-hybridized carbons (Fsp3) is 0.143. The lowest BCUT2D eigenvalue weighted by molar-refractivity contribution is -0.0436. The fourth-order valence-corrected chi connectivity index (χ4v) is 2.12. The largest absolute Gasteiger partial charge is 0.508 e. The minimum Gasteiger partial charge on any atom is -0.508 e. The Kier molecular flexibility index (Phi) is 2.88. The van der Waals surface area contributed by atoms with Crippen LogP contribution in [0.15, 0.2) is 23.1 Å². The van der Waals surface area contributed by atoms with Crippen LogP contribution in [0.2, 0.25) is 5.02 Å². The van der Waals surface area contributed by atoms with Gasteiger partial charge in [0.1, 0.15) is 5.75 Å². The summed E-state index contributed by atoms with van der Waals surface area (Å²) in [6.45, 7) is 0. The van der Waals surface area contributed by atoms with Crippen molar-refractivity contribution < 1.29 is 26.7 Å². The summed E-state index contributed by atoms with van der Waals surface area (Å²) in [4.78, 5) is -1.07. The van der Waals surface area contributed by atoms with E-state index in [0.717, 1.165) is 12.1 Å². The fourth-order valence-electron chi connectivity index (χ4n) is 0.832. The molecule has 0 radical (unpaired) electrons. The molecule has 0 saturated heterocycles. The van der Waals surface area contributed by atoms with E-state index in [9.17, 15) is 21.6 Å². The van der Waals surface area contributed by atoms with Gasteiger partial charge in [-0.3, -0.25) is 0 Å². The van der Waals surface area contributed by atoms with E-state index in [1.165, 1.54) is 0 Å². The highest BCUT2D eigenvalue weighted by Gasteiger charge is 2.47. The lowest BCUT2D eigenvalue weighted by atomic mass is 10.3. The SMILES string of the molecule is O=S(=O)(c1ccc(O)cc1Cl)C(F)(F)F. The molecule has 1 rings (SSSR count). The molecule has 0 amide bonds. The number of hydrogen-bond donors (Lipinski definition) is 1. The molecule has 1 N–H and O–H groups in total. The third-order valence-corrected chi connectivity index (χ3v) is 3.48. The average molecular weight is 261 g/mol. The zero-order valence-corrected chi connectivity index (χ0v) is 8.49. The molecule has 0 bridgehead atoms. The van der Waals surface area contributed by atoms with Crippen LogP contribution in [0.5, 0.6) is 5.75 Å². The van der Waals surface area contributed by atoms with Crippen LogP contribution in [0.1, 0.15) is 0 Å². The molecule has 0 atom stereocenters. The Morgan fingerprint density at radius 2 is 1.80 bits per heavy atom. The first-order valence-corrected chi connectivity index (χ1v) is 5.32. The number of phenols is 1. The van der Waals surface area contributed by atoms with Crippen molar-refractivity contribution in [1.82, 2.24) is 0 Å². The first-order valence-electron chi connectivity index (χ1n) is 3.46. The van der Waals surface area contributed by atoms with Crippen molar-refractivity contribution in [2.24, 2.45) is 0 Å². The summed E-state index contributed by atoms with van der Waals surface area (Å²) in [6, 6.07) is 2.13. The van der Waals surface area contributed by atoms with Gasteiger partial charge in [-0.2, -0.15) is 13.2 Å². The van der Waals surface area contributed by atoms with Crippen molar-refractivity contribution in [1.29, 1.82) is 0 Å². The van der Waals surface area contributed by atoms with E-state index in [1.807, 2.05) is 0 Å². The van der Waals surface area contributed by atoms with Gasteiger partial charge in [-0.05, 0) is 18.2 Å². The van der Waals surface area contributed by atoms with Gasteiger partial charge < -0.3 is 5.11 Å². The topological polar surface area (TPSA) is 54.4 Å². The van der Waals surface area contributed by atoms with Gasteiger partial charge in [0.15, 0.2) is 0 Å². The van der Waals surface area contributed by atoms with E-state index in [0.29, 0.717) is 6.07 Å². The number of sulfone groups is 1. The summed E-state index contributed by atoms with van der Waals surface area (Å²) < 4.78 is 58.1. The van der Waals surface area contributed by atoms with Crippen molar-refractivity contribution in [3.8, 4) is 5.75 Å². The van der Waals surface area contributed by atoms with Crippen LogP contribution in [0.3, 0.4) is 0 Å². The zero-order valence-electron chi connectivity index (χ0n) is 6.92. The highest BCUT2D eigenvalue weighted by molar-refractivity contribution is 7.92. The molecule has 0 aliphatic carbocycles. The van der Waals surface area contributed by atoms with E-state index in [2.05, 4.69) is 0 Å². The van der Waals surface area contributed by atoms with Gasteiger partial charge >= 0.3 is 5.51 Å². The Morgan fingerprint density at radius 3 is 2.20 bits per heavy atom. The van der Waals surface area contributed by atoms with Crippen molar-refractivity contribution in [2.75, 3.05) is 0 Å². The summed E-state index contributed by atoms with van der Waals surface area (Å²) in [6.07, 6.45) is 0. The predicted molar refractivity (Wildman–Crippen MR) is 46.4 cm³/mol. The van der Waals surface area contributed by atoms with Crippen LogP contribution < -0.4 is 0 Å². The number of phenolic OH excluding ortho intramolecular Hbond substituents is 1. The van der Waals surface area contributed by atoms with Crippen LogP contribution in [0.4, 0.5) is 13.2 Å². The van der Waals surface area contributed by atoms with Gasteiger partial charge in [-0.25, -0.2) is 8.42 Å². The Labute approximate surface area is 88.0 Å². The number of rotatable bonds is 1. The zero-order chi connectivity index (χ0) is 11.9. The van der Waals surface area contributed by atoms with E-state index < -0.39 is 31.0 Å². The summed E-state index contributed by atoms with van der Waals surface area (Å²) in [5.41, 5.74) is -5.41. The second-order valence-electron chi connectivity index (χ2n) is 2.56. The molecule has 84 valence electrons. The molecule has 1 aromatic rings. The molecule has 0 aromatic heterocycles. The summed E-state index contributed by atoms with van der Waals surface area (Å²) in [5.74, 6) is -0.416. The minimum absolute atomic E-state index is 0.416. The maximum atomic E-state index is 12.1. The lowest BCUT2D eigenvalue weighted by Crippen LogP contribution is -2.23. The van der Waals surface area contributed by atoms with Crippen molar-refractivity contribution in [2.45, 2.75) is 10.4 Å². The van der Waals surface area contributed by atoms with Crippen LogP contribution in [-0.4, -0.2) is 19.0 Å².